The second-order valence-corrected chi connectivity index (χ2v) is 7.32. The van der Waals surface area contributed by atoms with Crippen molar-refractivity contribution >= 4 is 5.57 Å². The monoisotopic (exact) mass is 288 g/mol. The highest BCUT2D eigenvalue weighted by molar-refractivity contribution is 5.77. The maximum absolute atomic E-state index is 2.41. The van der Waals surface area contributed by atoms with E-state index >= 15 is 0 Å². The number of rotatable bonds is 2. The fraction of sp³-hybridized carbons (Fsp3) is 0.273. The molecule has 3 rings (SSSR count). The fourth-order valence-electron chi connectivity index (χ4n) is 2.80. The van der Waals surface area contributed by atoms with Crippen LogP contribution in [0.5, 0.6) is 0 Å². The van der Waals surface area contributed by atoms with Crippen molar-refractivity contribution in [2.24, 2.45) is 10.8 Å². The summed E-state index contributed by atoms with van der Waals surface area (Å²) in [5.74, 6) is 0. The minimum Gasteiger partial charge on any atom is -0.0774 e. The van der Waals surface area contributed by atoms with E-state index in [0.29, 0.717) is 0 Å². The molecule has 0 aromatic heterocycles. The van der Waals surface area contributed by atoms with Gasteiger partial charge in [-0.05, 0) is 33.1 Å². The van der Waals surface area contributed by atoms with E-state index in [0.717, 1.165) is 0 Å². The molecule has 1 aliphatic rings. The normalized spacial score (nSPS) is 18.8. The summed E-state index contributed by atoms with van der Waals surface area (Å²) in [6.45, 7) is 9.23. The van der Waals surface area contributed by atoms with Crippen molar-refractivity contribution in [1.29, 1.82) is 0 Å². The molecule has 0 N–H and O–H groups in total. The van der Waals surface area contributed by atoms with Crippen LogP contribution in [0.3, 0.4) is 0 Å². The van der Waals surface area contributed by atoms with Gasteiger partial charge < -0.3 is 0 Å². The molecule has 0 atom stereocenters. The largest absolute Gasteiger partial charge is 0.0774 e. The zero-order valence-corrected chi connectivity index (χ0v) is 13.9. The smallest absolute Gasteiger partial charge is 0.00799 e. The molecule has 0 saturated heterocycles. The number of allylic oxidation sites excluding steroid dienone is 4. The molecule has 112 valence electrons. The Morgan fingerprint density at radius 1 is 0.591 bits per heavy atom. The van der Waals surface area contributed by atoms with E-state index in [2.05, 4.69) is 101 Å². The molecule has 1 aliphatic carbocycles. The van der Waals surface area contributed by atoms with E-state index in [4.69, 9.17) is 0 Å². The average Bonchev–Trinajstić information content (AvgIpc) is 2.51. The quantitative estimate of drug-likeness (QED) is 0.603. The highest BCUT2D eigenvalue weighted by atomic mass is 14.4. The Kier molecular flexibility index (Phi) is 3.56. The highest BCUT2D eigenvalue weighted by Crippen LogP contribution is 2.46. The van der Waals surface area contributed by atoms with Crippen molar-refractivity contribution in [2.75, 3.05) is 0 Å². The first-order valence-corrected chi connectivity index (χ1v) is 7.97. The maximum atomic E-state index is 2.41. The Morgan fingerprint density at radius 2 is 1.14 bits per heavy atom. The summed E-state index contributed by atoms with van der Waals surface area (Å²) >= 11 is 0. The van der Waals surface area contributed by atoms with Crippen molar-refractivity contribution in [1.82, 2.24) is 0 Å². The molecule has 22 heavy (non-hydrogen) atoms. The van der Waals surface area contributed by atoms with Crippen LogP contribution < -0.4 is 0 Å². The summed E-state index contributed by atoms with van der Waals surface area (Å²) in [5.41, 5.74) is 5.51. The molecule has 0 unspecified atom stereocenters. The van der Waals surface area contributed by atoms with Crippen molar-refractivity contribution in [3.63, 3.8) is 0 Å². The summed E-state index contributed by atoms with van der Waals surface area (Å²) in [5, 5.41) is 0. The molecule has 0 fully saturated rings. The molecule has 0 nitrogen and oxygen atoms in total. The van der Waals surface area contributed by atoms with Gasteiger partial charge in [0.2, 0.25) is 0 Å². The van der Waals surface area contributed by atoms with Gasteiger partial charge in [-0.1, -0.05) is 101 Å². The predicted octanol–water partition coefficient (Wildman–Crippen LogP) is 6.36. The van der Waals surface area contributed by atoms with E-state index in [1.807, 2.05) is 0 Å². The first-order valence-electron chi connectivity index (χ1n) is 7.97. The van der Waals surface area contributed by atoms with Crippen LogP contribution >= 0.6 is 0 Å². The fourth-order valence-corrected chi connectivity index (χ4v) is 2.80. The minimum atomic E-state index is 0.162. The predicted molar refractivity (Wildman–Crippen MR) is 96.6 cm³/mol. The first kappa shape index (κ1) is 14.8. The van der Waals surface area contributed by atoms with Gasteiger partial charge in [-0.15, -0.1) is 0 Å². The summed E-state index contributed by atoms with van der Waals surface area (Å²) < 4.78 is 0. The van der Waals surface area contributed by atoms with E-state index < -0.39 is 0 Å². The van der Waals surface area contributed by atoms with Crippen molar-refractivity contribution in [3.05, 3.63) is 78.4 Å². The van der Waals surface area contributed by atoms with Crippen LogP contribution in [-0.2, 0) is 0 Å². The number of benzene rings is 2. The molecule has 0 saturated carbocycles. The molecular formula is C22H24. The molecule has 0 spiro atoms. The summed E-state index contributed by atoms with van der Waals surface area (Å²) in [6, 6.07) is 19.4. The molecular weight excluding hydrogens is 264 g/mol. The van der Waals surface area contributed by atoms with E-state index in [1.54, 1.807) is 0 Å². The molecule has 2 aromatic carbocycles. The van der Waals surface area contributed by atoms with Crippen LogP contribution in [0, 0.1) is 10.8 Å². The maximum Gasteiger partial charge on any atom is -0.00799 e. The molecule has 0 amide bonds. The number of hydrogen-bond acceptors (Lipinski definition) is 0. The second kappa shape index (κ2) is 5.28. The summed E-state index contributed by atoms with van der Waals surface area (Å²) in [4.78, 5) is 0. The Morgan fingerprint density at radius 3 is 1.73 bits per heavy atom. The van der Waals surface area contributed by atoms with Crippen LogP contribution in [0.2, 0.25) is 0 Å². The molecule has 0 aliphatic heterocycles. The third-order valence-corrected chi connectivity index (χ3v) is 5.18. The van der Waals surface area contributed by atoms with Gasteiger partial charge in [0, 0.05) is 0 Å². The van der Waals surface area contributed by atoms with Gasteiger partial charge in [0.1, 0.15) is 0 Å². The number of hydrogen-bond donors (Lipinski definition) is 0. The van der Waals surface area contributed by atoms with Crippen LogP contribution in [-0.4, -0.2) is 0 Å². The Balaban J connectivity index is 1.92. The Hall–Kier alpha value is -2.08. The zero-order valence-electron chi connectivity index (χ0n) is 13.9. The molecule has 0 heterocycles. The molecule has 2 aromatic rings. The Bertz CT molecular complexity index is 710. The first-order chi connectivity index (χ1) is 10.4. The van der Waals surface area contributed by atoms with Crippen molar-refractivity contribution in [2.45, 2.75) is 27.7 Å². The molecule has 0 heteroatoms. The average molecular weight is 288 g/mol. The zero-order chi connectivity index (χ0) is 15.8. The van der Waals surface area contributed by atoms with Gasteiger partial charge in [-0.25, -0.2) is 0 Å². The SMILES string of the molecule is CC1(C)C=CC(c2ccc(-c3ccccc3)cc2)=CC1(C)C. The van der Waals surface area contributed by atoms with Gasteiger partial charge >= 0.3 is 0 Å². The van der Waals surface area contributed by atoms with Crippen LogP contribution in [0.15, 0.2) is 72.8 Å². The lowest BCUT2D eigenvalue weighted by Crippen LogP contribution is -2.30. The lowest BCUT2D eigenvalue weighted by molar-refractivity contribution is 0.230. The van der Waals surface area contributed by atoms with Crippen LogP contribution in [0.25, 0.3) is 16.7 Å². The Labute approximate surface area is 134 Å². The van der Waals surface area contributed by atoms with E-state index in [1.165, 1.54) is 22.3 Å². The summed E-state index contributed by atoms with van der Waals surface area (Å²) in [7, 11) is 0. The van der Waals surface area contributed by atoms with E-state index in [9.17, 15) is 0 Å². The van der Waals surface area contributed by atoms with E-state index in [-0.39, 0.29) is 10.8 Å². The standard InChI is InChI=1S/C22H24/c1-21(2)15-14-20(16-22(21,3)4)19-12-10-18(11-13-19)17-8-6-5-7-9-17/h5-16H,1-4H3. The third-order valence-electron chi connectivity index (χ3n) is 5.18. The van der Waals surface area contributed by atoms with Gasteiger partial charge in [0.25, 0.3) is 0 Å². The lowest BCUT2D eigenvalue weighted by atomic mass is 9.64. The van der Waals surface area contributed by atoms with Crippen LogP contribution in [0.1, 0.15) is 33.3 Å². The second-order valence-electron chi connectivity index (χ2n) is 7.32. The van der Waals surface area contributed by atoms with Gasteiger partial charge in [-0.2, -0.15) is 0 Å². The van der Waals surface area contributed by atoms with Gasteiger partial charge in [0.15, 0.2) is 0 Å². The van der Waals surface area contributed by atoms with Crippen molar-refractivity contribution in [3.8, 4) is 11.1 Å². The van der Waals surface area contributed by atoms with Crippen molar-refractivity contribution < 1.29 is 0 Å². The molecule has 0 bridgehead atoms. The van der Waals surface area contributed by atoms with Crippen LogP contribution in [0.4, 0.5) is 0 Å². The van der Waals surface area contributed by atoms with Gasteiger partial charge in [0.05, 0.1) is 0 Å². The third kappa shape index (κ3) is 2.66. The summed E-state index contributed by atoms with van der Waals surface area (Å²) in [6.07, 6.45) is 7.01. The van der Waals surface area contributed by atoms with Gasteiger partial charge in [-0.3, -0.25) is 0 Å². The minimum absolute atomic E-state index is 0.162. The lowest BCUT2D eigenvalue weighted by Gasteiger charge is -2.40. The molecule has 0 radical (unpaired) electrons. The topological polar surface area (TPSA) is 0 Å². The highest BCUT2D eigenvalue weighted by Gasteiger charge is 2.35.